The average Bonchev–Trinajstić information content (AvgIpc) is 2.45. The summed E-state index contributed by atoms with van der Waals surface area (Å²) >= 11 is -1.65. The molecule has 0 heterocycles. The molecule has 0 aliphatic carbocycles. The van der Waals surface area contributed by atoms with Crippen LogP contribution in [0.3, 0.4) is 0 Å². The van der Waals surface area contributed by atoms with Crippen LogP contribution in [-0.2, 0) is 7.41 Å². The van der Waals surface area contributed by atoms with E-state index < -0.39 is 14.8 Å². The van der Waals surface area contributed by atoms with Crippen LogP contribution < -0.4 is 10.9 Å². The van der Waals surface area contributed by atoms with Crippen molar-refractivity contribution >= 4 is 40.7 Å². The molecular formula is C13H13AlB2O2. The molecule has 0 bridgehead atoms. The molecule has 0 saturated heterocycles. The van der Waals surface area contributed by atoms with E-state index in [0.29, 0.717) is 0 Å². The van der Waals surface area contributed by atoms with Crippen molar-refractivity contribution in [1.29, 1.82) is 0 Å². The SMILES string of the molecule is [CH3][Al]([O][B]c1ccccc1)[O][B]c1ccccc1. The highest BCUT2D eigenvalue weighted by molar-refractivity contribution is 6.64. The summed E-state index contributed by atoms with van der Waals surface area (Å²) in [4.78, 5) is 0. The van der Waals surface area contributed by atoms with Crippen molar-refractivity contribution in [1.82, 2.24) is 0 Å². The Morgan fingerprint density at radius 1 is 0.722 bits per heavy atom. The fourth-order valence-corrected chi connectivity index (χ4v) is 2.21. The van der Waals surface area contributed by atoms with Crippen LogP contribution in [0.25, 0.3) is 0 Å². The van der Waals surface area contributed by atoms with Crippen molar-refractivity contribution in [2.24, 2.45) is 0 Å². The second-order valence-electron chi connectivity index (χ2n) is 3.90. The topological polar surface area (TPSA) is 18.5 Å². The summed E-state index contributed by atoms with van der Waals surface area (Å²) in [6.07, 6.45) is 0. The van der Waals surface area contributed by atoms with Gasteiger partial charge in [0.05, 0.1) is 0 Å². The minimum atomic E-state index is -1.65. The molecule has 0 atom stereocenters. The zero-order valence-electron chi connectivity index (χ0n) is 10.3. The first kappa shape index (κ1) is 13.5. The van der Waals surface area contributed by atoms with Crippen molar-refractivity contribution in [2.75, 3.05) is 0 Å². The summed E-state index contributed by atoms with van der Waals surface area (Å²) in [7, 11) is 3.52. The van der Waals surface area contributed by atoms with E-state index in [2.05, 4.69) is 0 Å². The predicted octanol–water partition coefficient (Wildman–Crippen LogP) is 1.03. The van der Waals surface area contributed by atoms with Gasteiger partial charge in [0, 0.05) is 0 Å². The summed E-state index contributed by atoms with van der Waals surface area (Å²) in [6, 6.07) is 19.9. The first-order valence-corrected chi connectivity index (χ1v) is 8.02. The van der Waals surface area contributed by atoms with Gasteiger partial charge in [-0.05, 0) is 0 Å². The monoisotopic (exact) mass is 250 g/mol. The number of benzene rings is 2. The third-order valence-electron chi connectivity index (χ3n) is 2.39. The Balaban J connectivity index is 1.71. The molecule has 0 fully saturated rings. The molecule has 0 N–H and O–H groups in total. The smallest absolute Gasteiger partial charge is 0.545 e. The van der Waals surface area contributed by atoms with Gasteiger partial charge in [0.25, 0.3) is 15.0 Å². The van der Waals surface area contributed by atoms with Crippen LogP contribution in [0, 0.1) is 0 Å². The number of rotatable bonds is 6. The zero-order chi connectivity index (χ0) is 12.6. The predicted molar refractivity (Wildman–Crippen MR) is 77.4 cm³/mol. The van der Waals surface area contributed by atoms with Gasteiger partial charge >= 0.3 is 14.8 Å². The van der Waals surface area contributed by atoms with E-state index in [1.807, 2.05) is 66.4 Å². The Morgan fingerprint density at radius 3 is 1.50 bits per heavy atom. The standard InChI is InChI=1S/2C6H5BO.CH3.Al/c2*8-7-6-4-2-1-3-5-6;;/h2*1-5H;1H3;/q2*-1;;+2. The highest BCUT2D eigenvalue weighted by Gasteiger charge is 2.17. The van der Waals surface area contributed by atoms with Crippen molar-refractivity contribution in [3.05, 3.63) is 60.7 Å². The maximum absolute atomic E-state index is 5.61. The molecule has 2 nitrogen and oxygen atoms in total. The van der Waals surface area contributed by atoms with Crippen LogP contribution in [0.5, 0.6) is 0 Å². The van der Waals surface area contributed by atoms with Gasteiger partial charge in [-0.2, -0.15) is 0 Å². The van der Waals surface area contributed by atoms with Gasteiger partial charge in [0.15, 0.2) is 0 Å². The molecular weight excluding hydrogens is 237 g/mol. The normalized spacial score (nSPS) is 9.83. The molecule has 2 radical (unpaired) electrons. The van der Waals surface area contributed by atoms with Gasteiger partial charge in [-0.1, -0.05) is 77.4 Å². The first-order valence-electron chi connectivity index (χ1n) is 5.92. The van der Waals surface area contributed by atoms with Crippen molar-refractivity contribution in [2.45, 2.75) is 5.79 Å². The molecule has 5 heteroatoms. The quantitative estimate of drug-likeness (QED) is 0.712. The third-order valence-corrected chi connectivity index (χ3v) is 3.43. The van der Waals surface area contributed by atoms with Crippen LogP contribution in [0.4, 0.5) is 0 Å². The maximum Gasteiger partial charge on any atom is 0.639 e. The van der Waals surface area contributed by atoms with Gasteiger partial charge in [-0.25, -0.2) is 0 Å². The number of hydrogen-bond donors (Lipinski definition) is 0. The molecule has 0 amide bonds. The Labute approximate surface area is 115 Å². The lowest BCUT2D eigenvalue weighted by molar-refractivity contribution is 0.471. The first-order chi connectivity index (χ1) is 8.84. The van der Waals surface area contributed by atoms with E-state index in [9.17, 15) is 0 Å². The summed E-state index contributed by atoms with van der Waals surface area (Å²) in [5.41, 5.74) is 2.11. The van der Waals surface area contributed by atoms with Crippen molar-refractivity contribution in [3.8, 4) is 0 Å². The van der Waals surface area contributed by atoms with E-state index in [0.717, 1.165) is 10.9 Å². The molecule has 0 spiro atoms. The fraction of sp³-hybridized carbons (Fsp3) is 0.0769. The Bertz CT molecular complexity index is 410. The third kappa shape index (κ3) is 4.72. The van der Waals surface area contributed by atoms with E-state index in [1.165, 1.54) is 0 Å². The molecule has 2 rings (SSSR count). The summed E-state index contributed by atoms with van der Waals surface area (Å²) in [5.74, 6) is 2.00. The lowest BCUT2D eigenvalue weighted by atomic mass is 9.89. The Hall–Kier alpha value is -0.978. The lowest BCUT2D eigenvalue weighted by Gasteiger charge is -2.09. The summed E-state index contributed by atoms with van der Waals surface area (Å²) < 4.78 is 11.2. The average molecular weight is 250 g/mol. The molecule has 0 unspecified atom stereocenters. The maximum atomic E-state index is 5.61. The van der Waals surface area contributed by atoms with E-state index in [1.54, 1.807) is 15.0 Å². The zero-order valence-corrected chi connectivity index (χ0v) is 11.5. The fourth-order valence-electron chi connectivity index (χ4n) is 1.44. The van der Waals surface area contributed by atoms with Crippen molar-refractivity contribution in [3.63, 3.8) is 0 Å². The molecule has 0 aromatic heterocycles. The van der Waals surface area contributed by atoms with Gasteiger partial charge in [0.1, 0.15) is 0 Å². The van der Waals surface area contributed by atoms with Crippen LogP contribution in [0.1, 0.15) is 0 Å². The lowest BCUT2D eigenvalue weighted by Crippen LogP contribution is -2.31. The van der Waals surface area contributed by atoms with Crippen molar-refractivity contribution < 1.29 is 7.41 Å². The second kappa shape index (κ2) is 7.46. The molecule has 0 saturated carbocycles. The minimum absolute atomic E-state index is 1.06. The van der Waals surface area contributed by atoms with E-state index in [-0.39, 0.29) is 0 Å². The molecule has 2 aromatic carbocycles. The second-order valence-corrected chi connectivity index (χ2v) is 5.58. The van der Waals surface area contributed by atoms with E-state index >= 15 is 0 Å². The minimum Gasteiger partial charge on any atom is -0.545 e. The van der Waals surface area contributed by atoms with Gasteiger partial charge in [-0.15, -0.1) is 0 Å². The molecule has 86 valence electrons. The molecule has 0 aliphatic heterocycles. The Kier molecular flexibility index (Phi) is 5.57. The van der Waals surface area contributed by atoms with Crippen LogP contribution in [0.15, 0.2) is 60.7 Å². The van der Waals surface area contributed by atoms with Gasteiger partial charge in [0.2, 0.25) is 0 Å². The van der Waals surface area contributed by atoms with Crippen LogP contribution >= 0.6 is 0 Å². The largest absolute Gasteiger partial charge is 0.639 e. The molecule has 0 aliphatic rings. The summed E-state index contributed by atoms with van der Waals surface area (Å²) in [6.45, 7) is 0. The molecule has 18 heavy (non-hydrogen) atoms. The van der Waals surface area contributed by atoms with Crippen LogP contribution in [0.2, 0.25) is 5.79 Å². The number of hydrogen-bond acceptors (Lipinski definition) is 2. The highest BCUT2D eigenvalue weighted by Crippen LogP contribution is 1.89. The van der Waals surface area contributed by atoms with Crippen LogP contribution in [-0.4, -0.2) is 29.8 Å². The Morgan fingerprint density at radius 2 is 1.11 bits per heavy atom. The van der Waals surface area contributed by atoms with Gasteiger partial charge < -0.3 is 7.41 Å². The highest BCUT2D eigenvalue weighted by atomic mass is 27.2. The van der Waals surface area contributed by atoms with E-state index in [4.69, 9.17) is 7.41 Å². The summed E-state index contributed by atoms with van der Waals surface area (Å²) in [5, 5.41) is 0. The molecule has 2 aromatic rings. The van der Waals surface area contributed by atoms with Gasteiger partial charge in [-0.3, -0.25) is 0 Å².